The Balaban J connectivity index is 1.75. The predicted octanol–water partition coefficient (Wildman–Crippen LogP) is 2.30. The highest BCUT2D eigenvalue weighted by Crippen LogP contribution is 2.32. The normalized spacial score (nSPS) is 17.1. The van der Waals surface area contributed by atoms with Gasteiger partial charge in [-0.05, 0) is 18.1 Å². The van der Waals surface area contributed by atoms with Crippen LogP contribution in [0.1, 0.15) is 13.3 Å². The van der Waals surface area contributed by atoms with Gasteiger partial charge < -0.3 is 9.80 Å². The summed E-state index contributed by atoms with van der Waals surface area (Å²) in [6.45, 7) is 3.97. The molecule has 0 N–H and O–H groups in total. The summed E-state index contributed by atoms with van der Waals surface area (Å²) < 4.78 is 1.44. The average Bonchev–Trinajstić information content (AvgIpc) is 3.02. The summed E-state index contributed by atoms with van der Waals surface area (Å²) >= 11 is 0. The van der Waals surface area contributed by atoms with Crippen LogP contribution in [0, 0.1) is 16.0 Å². The molecule has 1 amide bonds. The van der Waals surface area contributed by atoms with Crippen molar-refractivity contribution in [2.24, 2.45) is 5.92 Å². The molecule has 8 heteroatoms. The second-order valence-electron chi connectivity index (χ2n) is 6.45. The van der Waals surface area contributed by atoms with E-state index in [0.717, 1.165) is 17.9 Å². The molecule has 0 radical (unpaired) electrons. The molecule has 1 aromatic carbocycles. The van der Waals surface area contributed by atoms with Crippen molar-refractivity contribution in [1.29, 1.82) is 0 Å². The van der Waals surface area contributed by atoms with Crippen molar-refractivity contribution >= 4 is 23.0 Å². The second kappa shape index (κ2) is 6.92. The van der Waals surface area contributed by atoms with Crippen LogP contribution in [-0.2, 0) is 11.3 Å². The van der Waals surface area contributed by atoms with Gasteiger partial charge in [0.15, 0.2) is 0 Å². The third-order valence-electron chi connectivity index (χ3n) is 4.35. The molecule has 1 atom stereocenters. The highest BCUT2D eigenvalue weighted by molar-refractivity contribution is 5.97. The quantitative estimate of drug-likeness (QED) is 0.628. The highest BCUT2D eigenvalue weighted by Gasteiger charge is 2.26. The molecule has 0 bridgehead atoms. The number of fused-ring (bicyclic) bond motifs is 1. The Hall–Kier alpha value is -2.90. The Morgan fingerprint density at radius 3 is 2.72 bits per heavy atom. The van der Waals surface area contributed by atoms with Crippen LogP contribution in [0.5, 0.6) is 0 Å². The largest absolute Gasteiger partial charge is 0.373 e. The lowest BCUT2D eigenvalue weighted by Gasteiger charge is -2.24. The lowest BCUT2D eigenvalue weighted by atomic mass is 10.1. The molecule has 8 nitrogen and oxygen atoms in total. The highest BCUT2D eigenvalue weighted by atomic mass is 16.6. The molecule has 3 rings (SSSR count). The number of amides is 1. The Labute approximate surface area is 145 Å². The number of benzene rings is 1. The molecule has 2 aromatic rings. The van der Waals surface area contributed by atoms with Gasteiger partial charge in [0, 0.05) is 33.1 Å². The molecule has 0 saturated heterocycles. The van der Waals surface area contributed by atoms with Crippen molar-refractivity contribution in [3.05, 3.63) is 46.8 Å². The zero-order valence-corrected chi connectivity index (χ0v) is 14.3. The van der Waals surface area contributed by atoms with Crippen molar-refractivity contribution in [1.82, 2.24) is 9.78 Å². The summed E-state index contributed by atoms with van der Waals surface area (Å²) in [4.78, 5) is 27.0. The molecule has 132 valence electrons. The van der Waals surface area contributed by atoms with Crippen molar-refractivity contribution in [2.45, 2.75) is 19.9 Å². The van der Waals surface area contributed by atoms with Crippen LogP contribution < -0.4 is 9.80 Å². The zero-order valence-electron chi connectivity index (χ0n) is 14.3. The summed E-state index contributed by atoms with van der Waals surface area (Å²) in [5.41, 5.74) is 1.88. The fourth-order valence-corrected chi connectivity index (χ4v) is 3.20. The fourth-order valence-electron chi connectivity index (χ4n) is 3.20. The number of aromatic nitrogens is 2. The van der Waals surface area contributed by atoms with E-state index in [1.54, 1.807) is 0 Å². The van der Waals surface area contributed by atoms with Gasteiger partial charge >= 0.3 is 5.69 Å². The smallest absolute Gasteiger partial charge is 0.306 e. The molecule has 0 saturated carbocycles. The Kier molecular flexibility index (Phi) is 4.69. The van der Waals surface area contributed by atoms with E-state index in [9.17, 15) is 14.9 Å². The summed E-state index contributed by atoms with van der Waals surface area (Å²) in [5, 5.41) is 14.7. The molecule has 25 heavy (non-hydrogen) atoms. The summed E-state index contributed by atoms with van der Waals surface area (Å²) in [7, 11) is 2.03. The standard InChI is InChI=1S/C17H21N5O3/c1-13-10-19(2)15-5-3-4-6-16(15)21(11-13)17(23)7-8-20-12-14(9-18-20)22(24)25/h3-6,9,12-13H,7-8,10-11H2,1-2H3. The first-order valence-corrected chi connectivity index (χ1v) is 8.23. The lowest BCUT2D eigenvalue weighted by Crippen LogP contribution is -2.35. The first-order valence-electron chi connectivity index (χ1n) is 8.23. The monoisotopic (exact) mass is 343 g/mol. The number of nitrogens with zero attached hydrogens (tertiary/aromatic N) is 5. The molecular formula is C17H21N5O3. The van der Waals surface area contributed by atoms with Crippen LogP contribution in [0.15, 0.2) is 36.7 Å². The predicted molar refractivity (Wildman–Crippen MR) is 94.7 cm³/mol. The fraction of sp³-hybridized carbons (Fsp3) is 0.412. The number of hydrogen-bond acceptors (Lipinski definition) is 5. The second-order valence-corrected chi connectivity index (χ2v) is 6.45. The molecule has 1 aromatic heterocycles. The molecule has 1 aliphatic heterocycles. The van der Waals surface area contributed by atoms with Gasteiger partial charge in [0.1, 0.15) is 12.4 Å². The van der Waals surface area contributed by atoms with Gasteiger partial charge in [0.25, 0.3) is 0 Å². The molecule has 0 fully saturated rings. The molecule has 1 unspecified atom stereocenters. The first-order chi connectivity index (χ1) is 12.0. The van der Waals surface area contributed by atoms with E-state index < -0.39 is 4.92 Å². The van der Waals surface area contributed by atoms with Crippen LogP contribution in [0.4, 0.5) is 17.1 Å². The lowest BCUT2D eigenvalue weighted by molar-refractivity contribution is -0.385. The van der Waals surface area contributed by atoms with Crippen molar-refractivity contribution in [3.8, 4) is 0 Å². The SMILES string of the molecule is CC1CN(C)c2ccccc2N(C(=O)CCn2cc([N+](=O)[O-])cn2)C1. The van der Waals surface area contributed by atoms with E-state index in [1.807, 2.05) is 36.2 Å². The third kappa shape index (κ3) is 3.62. The van der Waals surface area contributed by atoms with Crippen LogP contribution in [0.2, 0.25) is 0 Å². The molecule has 1 aliphatic rings. The Morgan fingerprint density at radius 2 is 2.04 bits per heavy atom. The minimum absolute atomic E-state index is 0.00671. The summed E-state index contributed by atoms with van der Waals surface area (Å²) in [6, 6.07) is 7.88. The van der Waals surface area contributed by atoms with Gasteiger partial charge in [-0.25, -0.2) is 0 Å². The minimum Gasteiger partial charge on any atom is -0.373 e. The maximum atomic E-state index is 12.8. The Bertz CT molecular complexity index is 788. The van der Waals surface area contributed by atoms with Crippen LogP contribution in [0.3, 0.4) is 0 Å². The molecular weight excluding hydrogens is 322 g/mol. The molecule has 2 heterocycles. The van der Waals surface area contributed by atoms with Gasteiger partial charge in [-0.15, -0.1) is 0 Å². The van der Waals surface area contributed by atoms with Gasteiger partial charge in [-0.1, -0.05) is 19.1 Å². The summed E-state index contributed by atoms with van der Waals surface area (Å²) in [6.07, 6.45) is 2.78. The van der Waals surface area contributed by atoms with E-state index >= 15 is 0 Å². The number of anilines is 2. The maximum Gasteiger partial charge on any atom is 0.306 e. The number of nitro groups is 1. The minimum atomic E-state index is -0.492. The number of carbonyl (C=O) groups is 1. The van der Waals surface area contributed by atoms with Crippen molar-refractivity contribution in [3.63, 3.8) is 0 Å². The topological polar surface area (TPSA) is 84.5 Å². The zero-order chi connectivity index (χ0) is 18.0. The van der Waals surface area contributed by atoms with Crippen molar-refractivity contribution in [2.75, 3.05) is 29.9 Å². The average molecular weight is 343 g/mol. The van der Waals surface area contributed by atoms with E-state index in [4.69, 9.17) is 0 Å². The third-order valence-corrected chi connectivity index (χ3v) is 4.35. The Morgan fingerprint density at radius 1 is 1.32 bits per heavy atom. The van der Waals surface area contributed by atoms with E-state index in [0.29, 0.717) is 19.0 Å². The van der Waals surface area contributed by atoms with Gasteiger partial charge in [-0.2, -0.15) is 5.10 Å². The maximum absolute atomic E-state index is 12.8. The van der Waals surface area contributed by atoms with Gasteiger partial charge in [0.05, 0.1) is 16.3 Å². The van der Waals surface area contributed by atoms with Crippen LogP contribution in [-0.4, -0.2) is 40.7 Å². The van der Waals surface area contributed by atoms with Crippen LogP contribution in [0.25, 0.3) is 0 Å². The van der Waals surface area contributed by atoms with Gasteiger partial charge in [-0.3, -0.25) is 19.6 Å². The number of carbonyl (C=O) groups excluding carboxylic acids is 1. The van der Waals surface area contributed by atoms with Gasteiger partial charge in [0.2, 0.25) is 5.91 Å². The molecule has 0 spiro atoms. The molecule has 0 aliphatic carbocycles. The number of rotatable bonds is 4. The van der Waals surface area contributed by atoms with E-state index in [2.05, 4.69) is 16.9 Å². The number of para-hydroxylation sites is 2. The number of aryl methyl sites for hydroxylation is 1. The van der Waals surface area contributed by atoms with Crippen molar-refractivity contribution < 1.29 is 9.72 Å². The first kappa shape index (κ1) is 16.9. The van der Waals surface area contributed by atoms with E-state index in [1.165, 1.54) is 17.1 Å². The summed E-state index contributed by atoms with van der Waals surface area (Å²) in [5.74, 6) is 0.333. The van der Waals surface area contributed by atoms with Crippen LogP contribution >= 0.6 is 0 Å². The number of hydrogen-bond donors (Lipinski definition) is 0. The van der Waals surface area contributed by atoms with E-state index in [-0.39, 0.29) is 18.0 Å².